The first kappa shape index (κ1) is 11.6. The van der Waals surface area contributed by atoms with E-state index in [1.165, 1.54) is 6.20 Å². The van der Waals surface area contributed by atoms with Gasteiger partial charge in [0.25, 0.3) is 0 Å². The molecule has 0 aliphatic carbocycles. The van der Waals surface area contributed by atoms with Crippen LogP contribution in [0.2, 0.25) is 0 Å². The van der Waals surface area contributed by atoms with Gasteiger partial charge in [-0.2, -0.15) is 4.98 Å². The van der Waals surface area contributed by atoms with Crippen LogP contribution >= 0.6 is 0 Å². The number of rotatable bonds is 2. The minimum atomic E-state index is -0.387. The van der Waals surface area contributed by atoms with Crippen molar-refractivity contribution < 1.29 is 9.50 Å². The zero-order valence-electron chi connectivity index (χ0n) is 10.3. The molecule has 1 aromatic heterocycles. The van der Waals surface area contributed by atoms with Gasteiger partial charge in [0, 0.05) is 19.1 Å². The number of nitrogens with one attached hydrogen (secondary N) is 1. The van der Waals surface area contributed by atoms with E-state index in [9.17, 15) is 9.50 Å². The first-order valence-corrected chi connectivity index (χ1v) is 6.35. The fourth-order valence-electron chi connectivity index (χ4n) is 3.15. The Bertz CT molecular complexity index is 442. The molecule has 0 radical (unpaired) electrons. The molecule has 0 amide bonds. The van der Waals surface area contributed by atoms with Gasteiger partial charge in [0.2, 0.25) is 5.95 Å². The highest BCUT2D eigenvalue weighted by Crippen LogP contribution is 2.39. The summed E-state index contributed by atoms with van der Waals surface area (Å²) in [6, 6.07) is 0.403. The van der Waals surface area contributed by atoms with Crippen LogP contribution in [0.1, 0.15) is 25.7 Å². The number of hydrogen-bond acceptors (Lipinski definition) is 5. The number of halogens is 1. The Kier molecular flexibility index (Phi) is 2.81. The molecule has 3 rings (SSSR count). The van der Waals surface area contributed by atoms with Gasteiger partial charge in [0.05, 0.1) is 12.3 Å². The van der Waals surface area contributed by atoms with Gasteiger partial charge in [0.1, 0.15) is 0 Å². The largest absolute Gasteiger partial charge is 0.393 e. The normalized spacial score (nSPS) is 30.6. The van der Waals surface area contributed by atoms with Gasteiger partial charge in [-0.25, -0.2) is 9.37 Å². The molecule has 0 saturated carbocycles. The Balaban J connectivity index is 1.95. The molecular weight excluding hydrogens is 235 g/mol. The molecule has 0 spiro atoms. The van der Waals surface area contributed by atoms with E-state index < -0.39 is 0 Å². The van der Waals surface area contributed by atoms with Crippen LogP contribution in [0.4, 0.5) is 16.2 Å². The SMILES string of the molecule is CNc1ncc(F)c(N2C3CCC2CC(O)C3)n1. The average molecular weight is 252 g/mol. The molecule has 98 valence electrons. The summed E-state index contributed by atoms with van der Waals surface area (Å²) in [5, 5.41) is 12.6. The zero-order valence-corrected chi connectivity index (χ0v) is 10.3. The number of hydrogen-bond donors (Lipinski definition) is 2. The van der Waals surface area contributed by atoms with Crippen LogP contribution in [-0.4, -0.2) is 40.3 Å². The first-order chi connectivity index (χ1) is 8.69. The van der Waals surface area contributed by atoms with E-state index in [0.29, 0.717) is 24.6 Å². The molecule has 18 heavy (non-hydrogen) atoms. The van der Waals surface area contributed by atoms with Crippen molar-refractivity contribution in [2.75, 3.05) is 17.3 Å². The minimum Gasteiger partial charge on any atom is -0.393 e. The molecule has 1 aromatic rings. The number of aromatic nitrogens is 2. The van der Waals surface area contributed by atoms with E-state index in [1.807, 2.05) is 4.90 Å². The highest BCUT2D eigenvalue weighted by atomic mass is 19.1. The van der Waals surface area contributed by atoms with Gasteiger partial charge >= 0.3 is 0 Å². The van der Waals surface area contributed by atoms with Crippen molar-refractivity contribution in [2.45, 2.75) is 43.9 Å². The monoisotopic (exact) mass is 252 g/mol. The van der Waals surface area contributed by atoms with Crippen LogP contribution in [-0.2, 0) is 0 Å². The molecule has 0 aromatic carbocycles. The highest BCUT2D eigenvalue weighted by Gasteiger charge is 2.41. The maximum absolute atomic E-state index is 13.9. The topological polar surface area (TPSA) is 61.3 Å². The molecule has 2 aliphatic rings. The fourth-order valence-corrected chi connectivity index (χ4v) is 3.15. The number of aliphatic hydroxyl groups excluding tert-OH is 1. The van der Waals surface area contributed by atoms with Crippen molar-refractivity contribution >= 4 is 11.8 Å². The van der Waals surface area contributed by atoms with Crippen molar-refractivity contribution in [2.24, 2.45) is 0 Å². The Morgan fingerprint density at radius 3 is 2.67 bits per heavy atom. The summed E-state index contributed by atoms with van der Waals surface area (Å²) < 4.78 is 13.9. The van der Waals surface area contributed by atoms with Crippen molar-refractivity contribution in [1.82, 2.24) is 9.97 Å². The predicted molar refractivity (Wildman–Crippen MR) is 66.1 cm³/mol. The lowest BCUT2D eigenvalue weighted by Crippen LogP contribution is -2.45. The first-order valence-electron chi connectivity index (χ1n) is 6.35. The smallest absolute Gasteiger partial charge is 0.224 e. The van der Waals surface area contributed by atoms with Gasteiger partial charge in [-0.05, 0) is 25.7 Å². The van der Waals surface area contributed by atoms with Crippen LogP contribution in [0.15, 0.2) is 6.20 Å². The molecule has 2 atom stereocenters. The third kappa shape index (κ3) is 1.80. The van der Waals surface area contributed by atoms with E-state index in [0.717, 1.165) is 12.8 Å². The summed E-state index contributed by atoms with van der Waals surface area (Å²) in [6.07, 6.45) is 4.36. The van der Waals surface area contributed by atoms with Gasteiger partial charge < -0.3 is 15.3 Å². The molecule has 2 aliphatic heterocycles. The molecule has 3 heterocycles. The van der Waals surface area contributed by atoms with Crippen LogP contribution in [0, 0.1) is 5.82 Å². The van der Waals surface area contributed by atoms with Crippen molar-refractivity contribution in [1.29, 1.82) is 0 Å². The second-order valence-electron chi connectivity index (χ2n) is 5.03. The second kappa shape index (κ2) is 4.35. The summed E-state index contributed by atoms with van der Waals surface area (Å²) in [5.41, 5.74) is 0. The van der Waals surface area contributed by atoms with Gasteiger partial charge in [-0.3, -0.25) is 0 Å². The lowest BCUT2D eigenvalue weighted by molar-refractivity contribution is 0.125. The van der Waals surface area contributed by atoms with Gasteiger partial charge in [-0.15, -0.1) is 0 Å². The van der Waals surface area contributed by atoms with Gasteiger partial charge in [-0.1, -0.05) is 0 Å². The standard InChI is InChI=1S/C12H17FN4O/c1-14-12-15-6-10(13)11(16-12)17-7-2-3-8(17)5-9(18)4-7/h6-9,18H,2-5H2,1H3,(H,14,15,16). The van der Waals surface area contributed by atoms with E-state index >= 15 is 0 Å². The van der Waals surface area contributed by atoms with E-state index in [-0.39, 0.29) is 24.0 Å². The minimum absolute atomic E-state index is 0.202. The lowest BCUT2D eigenvalue weighted by atomic mass is 10.00. The summed E-state index contributed by atoms with van der Waals surface area (Å²) in [7, 11) is 1.71. The molecule has 2 N–H and O–H groups in total. The Morgan fingerprint density at radius 1 is 1.39 bits per heavy atom. The quantitative estimate of drug-likeness (QED) is 0.826. The summed E-state index contributed by atoms with van der Waals surface area (Å²) >= 11 is 0. The number of fused-ring (bicyclic) bond motifs is 2. The van der Waals surface area contributed by atoms with E-state index in [2.05, 4.69) is 15.3 Å². The van der Waals surface area contributed by atoms with Gasteiger partial charge in [0.15, 0.2) is 11.6 Å². The average Bonchev–Trinajstić information content (AvgIpc) is 2.63. The molecular formula is C12H17FN4O. The van der Waals surface area contributed by atoms with Crippen LogP contribution in [0.25, 0.3) is 0 Å². The lowest BCUT2D eigenvalue weighted by Gasteiger charge is -2.38. The third-order valence-electron chi connectivity index (χ3n) is 3.90. The zero-order chi connectivity index (χ0) is 12.7. The predicted octanol–water partition coefficient (Wildman–Crippen LogP) is 1.15. The van der Waals surface area contributed by atoms with Crippen LogP contribution in [0.5, 0.6) is 0 Å². The third-order valence-corrected chi connectivity index (χ3v) is 3.90. The number of anilines is 2. The summed E-state index contributed by atoms with van der Waals surface area (Å²) in [6.45, 7) is 0. The Labute approximate surface area is 105 Å². The molecule has 2 saturated heterocycles. The van der Waals surface area contributed by atoms with Crippen molar-refractivity contribution in [3.63, 3.8) is 0 Å². The van der Waals surface area contributed by atoms with E-state index in [4.69, 9.17) is 0 Å². The number of nitrogens with zero attached hydrogens (tertiary/aromatic N) is 3. The molecule has 2 unspecified atom stereocenters. The Hall–Kier alpha value is -1.43. The summed E-state index contributed by atoms with van der Waals surface area (Å²) in [5.74, 6) is 0.410. The molecule has 2 bridgehead atoms. The highest BCUT2D eigenvalue weighted by molar-refractivity contribution is 5.47. The maximum Gasteiger partial charge on any atom is 0.224 e. The van der Waals surface area contributed by atoms with Crippen molar-refractivity contribution in [3.05, 3.63) is 12.0 Å². The second-order valence-corrected chi connectivity index (χ2v) is 5.03. The van der Waals surface area contributed by atoms with Crippen LogP contribution < -0.4 is 10.2 Å². The Morgan fingerprint density at radius 2 is 2.06 bits per heavy atom. The number of aliphatic hydroxyl groups is 1. The number of piperidine rings is 1. The summed E-state index contributed by atoms with van der Waals surface area (Å²) in [4.78, 5) is 10.1. The van der Waals surface area contributed by atoms with E-state index in [1.54, 1.807) is 7.05 Å². The van der Waals surface area contributed by atoms with Crippen molar-refractivity contribution in [3.8, 4) is 0 Å². The fraction of sp³-hybridized carbons (Fsp3) is 0.667. The maximum atomic E-state index is 13.9. The molecule has 5 nitrogen and oxygen atoms in total. The molecule has 2 fully saturated rings. The van der Waals surface area contributed by atoms with Crippen LogP contribution in [0.3, 0.4) is 0 Å². The molecule has 6 heteroatoms.